The lowest BCUT2D eigenvalue weighted by atomic mass is 10.2. The number of benzene rings is 1. The highest BCUT2D eigenvalue weighted by Gasteiger charge is 2.87. The molecule has 1 atom stereocenters. The zero-order valence-electron chi connectivity index (χ0n) is 14.4. The minimum Gasteiger partial charge on any atom is -0.455 e. The second-order valence-electron chi connectivity index (χ2n) is 7.66. The SMILES string of the molecule is CS(=O)(=O)Cc1ccc(C(=O)NC23CC2(C2Nc4ccc(Cl)cc4S2)C3)o1. The molecule has 2 aliphatic carbocycles. The first-order chi connectivity index (χ1) is 12.7. The van der Waals surface area contributed by atoms with Gasteiger partial charge in [0.2, 0.25) is 0 Å². The molecule has 3 aliphatic rings. The monoisotopic (exact) mass is 424 g/mol. The number of furan rings is 1. The molecule has 1 amide bonds. The van der Waals surface area contributed by atoms with Gasteiger partial charge in [0.05, 0.1) is 10.9 Å². The molecule has 0 bridgehead atoms. The highest BCUT2D eigenvalue weighted by Crippen LogP contribution is 2.82. The maximum Gasteiger partial charge on any atom is 0.287 e. The van der Waals surface area contributed by atoms with E-state index < -0.39 is 9.84 Å². The van der Waals surface area contributed by atoms with Gasteiger partial charge < -0.3 is 15.1 Å². The Labute approximate surface area is 165 Å². The van der Waals surface area contributed by atoms with E-state index in [2.05, 4.69) is 10.6 Å². The Bertz CT molecular complexity index is 1070. The number of hydrogen-bond acceptors (Lipinski definition) is 6. The smallest absolute Gasteiger partial charge is 0.287 e. The van der Waals surface area contributed by atoms with E-state index in [0.717, 1.165) is 34.7 Å². The molecule has 0 radical (unpaired) electrons. The zero-order valence-corrected chi connectivity index (χ0v) is 16.8. The first-order valence-electron chi connectivity index (χ1n) is 8.52. The molecule has 2 aromatic rings. The summed E-state index contributed by atoms with van der Waals surface area (Å²) in [7, 11) is -3.20. The van der Waals surface area contributed by atoms with Crippen molar-refractivity contribution in [3.63, 3.8) is 0 Å². The van der Waals surface area contributed by atoms with E-state index >= 15 is 0 Å². The molecule has 9 heteroatoms. The molecule has 1 aromatic carbocycles. The summed E-state index contributed by atoms with van der Waals surface area (Å²) in [6.07, 6.45) is 2.98. The summed E-state index contributed by atoms with van der Waals surface area (Å²) >= 11 is 7.83. The Kier molecular flexibility index (Phi) is 3.53. The van der Waals surface area contributed by atoms with Crippen LogP contribution in [0.2, 0.25) is 5.02 Å². The van der Waals surface area contributed by atoms with Gasteiger partial charge in [-0.1, -0.05) is 23.4 Å². The summed E-state index contributed by atoms with van der Waals surface area (Å²) in [4.78, 5) is 13.7. The van der Waals surface area contributed by atoms with Gasteiger partial charge in [-0.15, -0.1) is 0 Å². The van der Waals surface area contributed by atoms with Crippen molar-refractivity contribution in [2.75, 3.05) is 11.6 Å². The number of hydrogen-bond donors (Lipinski definition) is 2. The standard InChI is InChI=1S/C18H17ClN2O4S2/c1-27(23,24)7-11-3-5-13(25-11)15(22)21-18-8-17(18,9-18)16-20-12-4-2-10(19)6-14(12)26-16/h2-6,16,20H,7-9H2,1H3,(H,21,22). The third-order valence-electron chi connectivity index (χ3n) is 5.56. The maximum absolute atomic E-state index is 12.5. The Morgan fingerprint density at radius 2 is 2.15 bits per heavy atom. The van der Waals surface area contributed by atoms with Crippen LogP contribution in [0.5, 0.6) is 0 Å². The van der Waals surface area contributed by atoms with E-state index in [9.17, 15) is 13.2 Å². The molecule has 27 heavy (non-hydrogen) atoms. The van der Waals surface area contributed by atoms with Crippen molar-refractivity contribution in [1.29, 1.82) is 0 Å². The fraction of sp³-hybridized carbons (Fsp3) is 0.389. The molecule has 142 valence electrons. The van der Waals surface area contributed by atoms with Crippen molar-refractivity contribution >= 4 is 44.8 Å². The molecule has 5 rings (SSSR count). The fourth-order valence-electron chi connectivity index (χ4n) is 3.96. The largest absolute Gasteiger partial charge is 0.455 e. The minimum atomic E-state index is -3.20. The van der Waals surface area contributed by atoms with Crippen LogP contribution in [0.4, 0.5) is 5.69 Å². The van der Waals surface area contributed by atoms with E-state index in [1.807, 2.05) is 18.2 Å². The van der Waals surface area contributed by atoms with Gasteiger partial charge in [0, 0.05) is 27.3 Å². The number of halogens is 1. The lowest BCUT2D eigenvalue weighted by Gasteiger charge is -2.11. The average molecular weight is 425 g/mol. The highest BCUT2D eigenvalue weighted by atomic mass is 35.5. The van der Waals surface area contributed by atoms with Crippen LogP contribution in [0.1, 0.15) is 29.2 Å². The van der Waals surface area contributed by atoms with Gasteiger partial charge in [-0.05, 0) is 43.2 Å². The van der Waals surface area contributed by atoms with E-state index in [1.165, 1.54) is 12.1 Å². The van der Waals surface area contributed by atoms with Gasteiger partial charge in [0.25, 0.3) is 5.91 Å². The summed E-state index contributed by atoms with van der Waals surface area (Å²) in [6.45, 7) is 0. The molecule has 0 spiro atoms. The first-order valence-corrected chi connectivity index (χ1v) is 11.8. The number of nitrogens with one attached hydrogen (secondary N) is 2. The number of carbonyl (C=O) groups excluding carboxylic acids is 1. The molecule has 0 saturated heterocycles. The van der Waals surface area contributed by atoms with E-state index in [0.29, 0.717) is 0 Å². The normalized spacial score (nSPS) is 30.2. The van der Waals surface area contributed by atoms with Crippen molar-refractivity contribution < 1.29 is 17.6 Å². The lowest BCUT2D eigenvalue weighted by Crippen LogP contribution is -2.31. The molecular formula is C18H17ClN2O4S2. The number of amides is 1. The summed E-state index contributed by atoms with van der Waals surface area (Å²) in [5.41, 5.74) is 0.949. The lowest BCUT2D eigenvalue weighted by molar-refractivity contribution is 0.0912. The summed E-state index contributed by atoms with van der Waals surface area (Å²) in [5, 5.41) is 7.56. The Morgan fingerprint density at radius 3 is 2.89 bits per heavy atom. The summed E-state index contributed by atoms with van der Waals surface area (Å²) < 4.78 is 28.1. The number of thioether (sulfide) groups is 1. The van der Waals surface area contributed by atoms with Crippen molar-refractivity contribution in [2.24, 2.45) is 5.41 Å². The number of sulfone groups is 1. The second-order valence-corrected chi connectivity index (χ2v) is 11.4. The molecule has 2 heterocycles. The average Bonchev–Trinajstić information content (AvgIpc) is 3.13. The molecule has 1 aromatic heterocycles. The maximum atomic E-state index is 12.5. The third-order valence-corrected chi connectivity index (χ3v) is 8.00. The van der Waals surface area contributed by atoms with Gasteiger partial charge >= 0.3 is 0 Å². The van der Waals surface area contributed by atoms with Gasteiger partial charge in [0.15, 0.2) is 15.6 Å². The van der Waals surface area contributed by atoms with Crippen molar-refractivity contribution in [3.05, 3.63) is 46.9 Å². The van der Waals surface area contributed by atoms with Crippen LogP contribution < -0.4 is 10.6 Å². The molecule has 1 aliphatic heterocycles. The van der Waals surface area contributed by atoms with Gasteiger partial charge in [0.1, 0.15) is 11.5 Å². The van der Waals surface area contributed by atoms with E-state index in [4.69, 9.17) is 16.0 Å². The summed E-state index contributed by atoms with van der Waals surface area (Å²) in [6, 6.07) is 8.88. The zero-order chi connectivity index (χ0) is 19.0. The first kappa shape index (κ1) is 17.5. The van der Waals surface area contributed by atoms with Crippen LogP contribution in [0.25, 0.3) is 0 Å². The summed E-state index contributed by atoms with van der Waals surface area (Å²) in [5.74, 6) is -0.0763. The molecule has 6 nitrogen and oxygen atoms in total. The minimum absolute atomic E-state index is 0.0566. The molecule has 1 unspecified atom stereocenters. The van der Waals surface area contributed by atoms with E-state index in [1.54, 1.807) is 11.8 Å². The predicted molar refractivity (Wildman–Crippen MR) is 104 cm³/mol. The molecule has 2 N–H and O–H groups in total. The van der Waals surface area contributed by atoms with Crippen LogP contribution in [0.3, 0.4) is 0 Å². The Morgan fingerprint density at radius 1 is 1.37 bits per heavy atom. The van der Waals surface area contributed by atoms with Crippen LogP contribution in [0, 0.1) is 5.41 Å². The number of anilines is 1. The molecule has 2 saturated carbocycles. The second kappa shape index (κ2) is 5.46. The van der Waals surface area contributed by atoms with E-state index in [-0.39, 0.29) is 39.5 Å². The van der Waals surface area contributed by atoms with Crippen LogP contribution in [0.15, 0.2) is 39.6 Å². The predicted octanol–water partition coefficient (Wildman–Crippen LogP) is 3.28. The Balaban J connectivity index is 1.25. The third kappa shape index (κ3) is 2.85. The van der Waals surface area contributed by atoms with Crippen molar-refractivity contribution in [3.8, 4) is 0 Å². The Hall–Kier alpha value is -1.64. The number of fused-ring (bicyclic) bond motifs is 2. The molecule has 2 fully saturated rings. The number of rotatable bonds is 5. The number of carbonyl (C=O) groups is 1. The fourth-order valence-corrected chi connectivity index (χ4v) is 6.38. The van der Waals surface area contributed by atoms with Crippen LogP contribution >= 0.6 is 23.4 Å². The van der Waals surface area contributed by atoms with Crippen LogP contribution in [-0.2, 0) is 15.6 Å². The topological polar surface area (TPSA) is 88.4 Å². The highest BCUT2D eigenvalue weighted by molar-refractivity contribution is 8.00. The molecular weight excluding hydrogens is 408 g/mol. The van der Waals surface area contributed by atoms with Gasteiger partial charge in [-0.3, -0.25) is 4.79 Å². The quantitative estimate of drug-likeness (QED) is 0.765. The van der Waals surface area contributed by atoms with Crippen LogP contribution in [-0.4, -0.2) is 31.5 Å². The van der Waals surface area contributed by atoms with Gasteiger partial charge in [-0.25, -0.2) is 8.42 Å². The van der Waals surface area contributed by atoms with Gasteiger partial charge in [-0.2, -0.15) is 0 Å². The van der Waals surface area contributed by atoms with Crippen molar-refractivity contribution in [1.82, 2.24) is 5.32 Å². The van der Waals surface area contributed by atoms with Crippen molar-refractivity contribution in [2.45, 2.75) is 34.4 Å².